The van der Waals surface area contributed by atoms with Crippen LogP contribution in [0.15, 0.2) is 0 Å². The second-order valence-corrected chi connectivity index (χ2v) is 6.61. The number of ether oxygens (including phenoxy) is 1. The molecule has 3 rings (SSSR count). The third kappa shape index (κ3) is 2.14. The van der Waals surface area contributed by atoms with Crippen molar-refractivity contribution in [1.82, 2.24) is 4.98 Å². The van der Waals surface area contributed by atoms with Crippen molar-refractivity contribution in [3.8, 4) is 0 Å². The smallest absolute Gasteiger partial charge is 0.113 e. The van der Waals surface area contributed by atoms with Gasteiger partial charge in [-0.25, -0.2) is 4.98 Å². The SMILES string of the molecule is CC1CCC(N)(c2nc3c(s2)COCC3)CC1. The van der Waals surface area contributed by atoms with E-state index < -0.39 is 0 Å². The van der Waals surface area contributed by atoms with Gasteiger partial charge in [0, 0.05) is 6.42 Å². The fourth-order valence-corrected chi connectivity index (χ4v) is 3.93. The van der Waals surface area contributed by atoms with E-state index >= 15 is 0 Å². The lowest BCUT2D eigenvalue weighted by atomic mass is 9.78. The lowest BCUT2D eigenvalue weighted by molar-refractivity contribution is 0.112. The molecular formula is C13H20N2OS. The second kappa shape index (κ2) is 4.34. The summed E-state index contributed by atoms with van der Waals surface area (Å²) in [5, 5.41) is 1.15. The van der Waals surface area contributed by atoms with Crippen LogP contribution in [0.5, 0.6) is 0 Å². The molecule has 0 radical (unpaired) electrons. The Labute approximate surface area is 106 Å². The molecule has 2 aliphatic rings. The van der Waals surface area contributed by atoms with E-state index in [1.807, 2.05) is 0 Å². The zero-order chi connectivity index (χ0) is 11.9. The van der Waals surface area contributed by atoms with Crippen LogP contribution < -0.4 is 5.73 Å². The summed E-state index contributed by atoms with van der Waals surface area (Å²) in [5.74, 6) is 0.824. The topological polar surface area (TPSA) is 48.1 Å². The van der Waals surface area contributed by atoms with Crippen LogP contribution in [0.3, 0.4) is 0 Å². The third-order valence-corrected chi connectivity index (χ3v) is 5.38. The van der Waals surface area contributed by atoms with Crippen molar-refractivity contribution in [2.45, 2.75) is 51.2 Å². The summed E-state index contributed by atoms with van der Waals surface area (Å²) in [6.07, 6.45) is 5.59. The maximum absolute atomic E-state index is 6.56. The average molecular weight is 252 g/mol. The molecule has 17 heavy (non-hydrogen) atoms. The van der Waals surface area contributed by atoms with Gasteiger partial charge in [0.05, 0.1) is 29.3 Å². The number of aromatic nitrogens is 1. The quantitative estimate of drug-likeness (QED) is 0.835. The number of fused-ring (bicyclic) bond motifs is 1. The van der Waals surface area contributed by atoms with Gasteiger partial charge in [-0.3, -0.25) is 0 Å². The molecule has 1 aliphatic carbocycles. The van der Waals surface area contributed by atoms with E-state index in [1.54, 1.807) is 11.3 Å². The highest BCUT2D eigenvalue weighted by molar-refractivity contribution is 7.11. The summed E-state index contributed by atoms with van der Waals surface area (Å²) in [4.78, 5) is 6.09. The van der Waals surface area contributed by atoms with Crippen LogP contribution in [-0.2, 0) is 23.3 Å². The van der Waals surface area contributed by atoms with Gasteiger partial charge in [0.2, 0.25) is 0 Å². The number of thiazole rings is 1. The molecule has 1 aromatic rings. The van der Waals surface area contributed by atoms with E-state index in [0.29, 0.717) is 0 Å². The van der Waals surface area contributed by atoms with Crippen molar-refractivity contribution in [2.75, 3.05) is 6.61 Å². The maximum atomic E-state index is 6.56. The first-order chi connectivity index (χ1) is 8.17. The summed E-state index contributed by atoms with van der Waals surface area (Å²) in [7, 11) is 0. The Bertz CT molecular complexity index is 384. The number of hydrogen-bond acceptors (Lipinski definition) is 4. The van der Waals surface area contributed by atoms with Gasteiger partial charge in [-0.05, 0) is 31.6 Å². The van der Waals surface area contributed by atoms with E-state index in [9.17, 15) is 0 Å². The van der Waals surface area contributed by atoms with Crippen molar-refractivity contribution in [3.05, 3.63) is 15.6 Å². The number of rotatable bonds is 1. The number of nitrogens with two attached hydrogens (primary N) is 1. The number of nitrogens with zero attached hydrogens (tertiary/aromatic N) is 1. The summed E-state index contributed by atoms with van der Waals surface area (Å²) in [6.45, 7) is 3.87. The molecule has 4 heteroatoms. The first-order valence-electron chi connectivity index (χ1n) is 6.53. The molecule has 0 spiro atoms. The first kappa shape index (κ1) is 11.6. The van der Waals surface area contributed by atoms with E-state index in [1.165, 1.54) is 23.4 Å². The van der Waals surface area contributed by atoms with Gasteiger partial charge in [0.15, 0.2) is 0 Å². The van der Waals surface area contributed by atoms with E-state index in [4.69, 9.17) is 15.5 Å². The molecule has 94 valence electrons. The summed E-state index contributed by atoms with van der Waals surface area (Å²) in [6, 6.07) is 0. The van der Waals surface area contributed by atoms with Crippen molar-refractivity contribution in [1.29, 1.82) is 0 Å². The minimum atomic E-state index is -0.158. The van der Waals surface area contributed by atoms with Crippen LogP contribution in [0.4, 0.5) is 0 Å². The predicted octanol–water partition coefficient (Wildman–Crippen LogP) is 2.58. The molecule has 0 amide bonds. The monoisotopic (exact) mass is 252 g/mol. The van der Waals surface area contributed by atoms with Crippen LogP contribution in [0, 0.1) is 5.92 Å². The second-order valence-electron chi connectivity index (χ2n) is 5.53. The minimum Gasteiger partial charge on any atom is -0.375 e. The number of hydrogen-bond donors (Lipinski definition) is 1. The molecule has 1 aromatic heterocycles. The van der Waals surface area contributed by atoms with E-state index in [2.05, 4.69) is 6.92 Å². The zero-order valence-corrected chi connectivity index (χ0v) is 11.2. The molecular weight excluding hydrogens is 232 g/mol. The molecule has 0 atom stereocenters. The van der Waals surface area contributed by atoms with Gasteiger partial charge in [-0.15, -0.1) is 11.3 Å². The predicted molar refractivity (Wildman–Crippen MR) is 69.0 cm³/mol. The molecule has 1 fully saturated rings. The van der Waals surface area contributed by atoms with Gasteiger partial charge in [0.25, 0.3) is 0 Å². The van der Waals surface area contributed by atoms with Gasteiger partial charge in [-0.2, -0.15) is 0 Å². The van der Waals surface area contributed by atoms with Crippen molar-refractivity contribution >= 4 is 11.3 Å². The lowest BCUT2D eigenvalue weighted by Gasteiger charge is -2.34. The fraction of sp³-hybridized carbons (Fsp3) is 0.769. The average Bonchev–Trinajstić information content (AvgIpc) is 2.77. The van der Waals surface area contributed by atoms with E-state index in [0.717, 1.165) is 43.4 Å². The van der Waals surface area contributed by atoms with Crippen LogP contribution in [0.2, 0.25) is 0 Å². The Morgan fingerprint density at radius 3 is 2.88 bits per heavy atom. The molecule has 0 bridgehead atoms. The molecule has 0 saturated heterocycles. The van der Waals surface area contributed by atoms with Gasteiger partial charge >= 0.3 is 0 Å². The fourth-order valence-electron chi connectivity index (χ4n) is 2.73. The third-order valence-electron chi connectivity index (χ3n) is 4.09. The first-order valence-corrected chi connectivity index (χ1v) is 7.35. The minimum absolute atomic E-state index is 0.158. The molecule has 0 aromatic carbocycles. The van der Waals surface area contributed by atoms with Gasteiger partial charge < -0.3 is 10.5 Å². The highest BCUT2D eigenvalue weighted by Crippen LogP contribution is 2.40. The summed E-state index contributed by atoms with van der Waals surface area (Å²) >= 11 is 1.78. The van der Waals surface area contributed by atoms with Crippen LogP contribution in [0.1, 0.15) is 48.2 Å². The van der Waals surface area contributed by atoms with E-state index in [-0.39, 0.29) is 5.54 Å². The Kier molecular flexibility index (Phi) is 2.97. The Balaban J connectivity index is 1.85. The maximum Gasteiger partial charge on any atom is 0.113 e. The van der Waals surface area contributed by atoms with Crippen LogP contribution in [-0.4, -0.2) is 11.6 Å². The Morgan fingerprint density at radius 2 is 2.18 bits per heavy atom. The molecule has 2 heterocycles. The largest absolute Gasteiger partial charge is 0.375 e. The molecule has 1 saturated carbocycles. The standard InChI is InChI=1S/C13H20N2OS/c1-9-2-5-13(14,6-3-9)12-15-10-4-7-16-8-11(10)17-12/h9H,2-8,14H2,1H3. The molecule has 0 unspecified atom stereocenters. The Morgan fingerprint density at radius 1 is 1.41 bits per heavy atom. The summed E-state index contributed by atoms with van der Waals surface area (Å²) < 4.78 is 5.48. The zero-order valence-electron chi connectivity index (χ0n) is 10.4. The van der Waals surface area contributed by atoms with Crippen molar-refractivity contribution in [2.24, 2.45) is 11.7 Å². The van der Waals surface area contributed by atoms with Crippen molar-refractivity contribution < 1.29 is 4.74 Å². The molecule has 3 nitrogen and oxygen atoms in total. The van der Waals surface area contributed by atoms with Gasteiger partial charge in [0.1, 0.15) is 5.01 Å². The summed E-state index contributed by atoms with van der Waals surface area (Å²) in [5.41, 5.74) is 7.64. The van der Waals surface area contributed by atoms with Crippen LogP contribution in [0.25, 0.3) is 0 Å². The molecule has 1 aliphatic heterocycles. The highest BCUT2D eigenvalue weighted by atomic mass is 32.1. The van der Waals surface area contributed by atoms with Crippen LogP contribution >= 0.6 is 11.3 Å². The Hall–Kier alpha value is -0.450. The molecule has 2 N–H and O–H groups in total. The highest BCUT2D eigenvalue weighted by Gasteiger charge is 2.35. The van der Waals surface area contributed by atoms with Gasteiger partial charge in [-0.1, -0.05) is 6.92 Å². The normalized spacial score (nSPS) is 33.4. The lowest BCUT2D eigenvalue weighted by Crippen LogP contribution is -2.40. The van der Waals surface area contributed by atoms with Crippen molar-refractivity contribution in [3.63, 3.8) is 0 Å².